The van der Waals surface area contributed by atoms with Crippen molar-refractivity contribution in [1.82, 2.24) is 5.32 Å². The molecule has 0 saturated heterocycles. The highest BCUT2D eigenvalue weighted by molar-refractivity contribution is 5.81. The van der Waals surface area contributed by atoms with E-state index in [9.17, 15) is 4.79 Å². The molecule has 0 spiro atoms. The first kappa shape index (κ1) is 14.8. The number of hydrogen-bond donors (Lipinski definition) is 1. The number of nitrogens with one attached hydrogen (secondary N) is 1. The van der Waals surface area contributed by atoms with Crippen LogP contribution in [-0.2, 0) is 11.2 Å². The lowest BCUT2D eigenvalue weighted by Crippen LogP contribution is -2.36. The monoisotopic (exact) mass is 223 g/mol. The van der Waals surface area contributed by atoms with Crippen LogP contribution in [0.1, 0.15) is 34.7 Å². The molecule has 1 aromatic carbocycles. The zero-order chi connectivity index (χ0) is 12.4. The van der Waals surface area contributed by atoms with Crippen LogP contribution in [-0.4, -0.2) is 18.4 Å². The molecule has 16 heavy (non-hydrogen) atoms. The van der Waals surface area contributed by atoms with Crippen LogP contribution in [0.4, 0.5) is 0 Å². The van der Waals surface area contributed by atoms with Crippen molar-refractivity contribution < 1.29 is 6.22 Å². The maximum absolute atomic E-state index is 11.3. The number of carbonyl (C=O) groups is 1. The van der Waals surface area contributed by atoms with E-state index in [0.29, 0.717) is 0 Å². The maximum Gasteiger partial charge on any atom is 0.147 e. The number of hydrogen-bond acceptors (Lipinski definition) is 2. The van der Waals surface area contributed by atoms with E-state index >= 15 is 0 Å². The summed E-state index contributed by atoms with van der Waals surface area (Å²) in [6, 6.07) is 10.0. The van der Waals surface area contributed by atoms with Gasteiger partial charge in [0.2, 0.25) is 0 Å². The third kappa shape index (κ3) is 5.66. The van der Waals surface area contributed by atoms with Crippen LogP contribution in [0.25, 0.3) is 0 Å². The average molecular weight is 223 g/mol. The van der Waals surface area contributed by atoms with E-state index in [1.165, 1.54) is 5.56 Å². The highest BCUT2D eigenvalue weighted by Crippen LogP contribution is 2.03. The van der Waals surface area contributed by atoms with E-state index in [0.717, 1.165) is 13.0 Å². The summed E-state index contributed by atoms with van der Waals surface area (Å²) in [4.78, 5) is 11.3. The van der Waals surface area contributed by atoms with Crippen LogP contribution in [0.3, 0.4) is 0 Å². The van der Waals surface area contributed by atoms with Crippen LogP contribution in [0.5, 0.6) is 0 Å². The van der Waals surface area contributed by atoms with Crippen molar-refractivity contribution in [3.05, 3.63) is 35.9 Å². The number of likely N-dealkylation sites (N-methyl/N-ethyl adjacent to an activating group) is 1. The molecule has 0 unspecified atom stereocenters. The van der Waals surface area contributed by atoms with Gasteiger partial charge in [0.25, 0.3) is 0 Å². The Balaban J connectivity index is 0. The zero-order valence-electron chi connectivity index (χ0n) is 10.8. The molecular weight excluding hydrogens is 198 g/mol. The number of benzene rings is 1. The molecule has 0 aliphatic carbocycles. The highest BCUT2D eigenvalue weighted by Gasteiger charge is 2.12. The first-order valence-electron chi connectivity index (χ1n) is 6.01. The predicted molar refractivity (Wildman–Crippen MR) is 71.8 cm³/mol. The van der Waals surface area contributed by atoms with Gasteiger partial charge in [0, 0.05) is 1.43 Å². The van der Waals surface area contributed by atoms with Gasteiger partial charge < -0.3 is 5.32 Å². The van der Waals surface area contributed by atoms with Gasteiger partial charge in [-0.3, -0.25) is 4.79 Å². The van der Waals surface area contributed by atoms with Crippen molar-refractivity contribution in [2.24, 2.45) is 0 Å². The summed E-state index contributed by atoms with van der Waals surface area (Å²) in [6.07, 6.45) is 0.782. The molecule has 0 amide bonds. The first-order chi connectivity index (χ1) is 7.74. The molecule has 1 atom stereocenters. The molecule has 1 aromatic rings. The fraction of sp³-hybridized carbons (Fsp3) is 0.500. The Hall–Kier alpha value is -1.15. The Kier molecular flexibility index (Phi) is 8.45. The average Bonchev–Trinajstić information content (AvgIpc) is 2.32. The van der Waals surface area contributed by atoms with E-state index in [1.807, 2.05) is 51.1 Å². The molecular formula is C14H25NO. The summed E-state index contributed by atoms with van der Waals surface area (Å²) < 4.78 is 0. The van der Waals surface area contributed by atoms with E-state index in [4.69, 9.17) is 0 Å². The van der Waals surface area contributed by atoms with Crippen molar-refractivity contribution in [3.8, 4) is 0 Å². The van der Waals surface area contributed by atoms with E-state index in [1.54, 1.807) is 6.92 Å². The van der Waals surface area contributed by atoms with Crippen LogP contribution in [0.2, 0.25) is 0 Å². The van der Waals surface area contributed by atoms with E-state index < -0.39 is 0 Å². The van der Waals surface area contributed by atoms with Crippen LogP contribution >= 0.6 is 0 Å². The predicted octanol–water partition coefficient (Wildman–Crippen LogP) is 3.07. The highest BCUT2D eigenvalue weighted by atomic mass is 16.1. The van der Waals surface area contributed by atoms with Gasteiger partial charge in [-0.15, -0.1) is 0 Å². The largest absolute Gasteiger partial charge is 0.307 e. The smallest absolute Gasteiger partial charge is 0.147 e. The Labute approximate surface area is 101 Å². The molecule has 1 N–H and O–H groups in total. The standard InChI is InChI=1S/C12H17NO.C2H6.H2/c1-3-13-12(10(2)14)9-11-7-5-4-6-8-11;1-2;/h4-8,12-13H,3,9H2,1-2H3;1-2H3;1H/t12-;;/m0../s1. The topological polar surface area (TPSA) is 29.1 Å². The molecule has 0 aliphatic rings. The number of carbonyl (C=O) groups excluding carboxylic acids is 1. The molecule has 0 bridgehead atoms. The summed E-state index contributed by atoms with van der Waals surface area (Å²) in [6.45, 7) is 8.48. The third-order valence-electron chi connectivity index (χ3n) is 2.22. The second kappa shape index (κ2) is 9.10. The fourth-order valence-corrected chi connectivity index (χ4v) is 1.46. The van der Waals surface area contributed by atoms with Crippen LogP contribution < -0.4 is 5.32 Å². The van der Waals surface area contributed by atoms with Gasteiger partial charge in [0.05, 0.1) is 6.04 Å². The maximum atomic E-state index is 11.3. The minimum Gasteiger partial charge on any atom is -0.307 e. The van der Waals surface area contributed by atoms with Gasteiger partial charge in [0.1, 0.15) is 5.78 Å². The quantitative estimate of drug-likeness (QED) is 0.831. The van der Waals surface area contributed by atoms with Crippen molar-refractivity contribution in [2.45, 2.75) is 40.2 Å². The lowest BCUT2D eigenvalue weighted by atomic mass is 10.0. The van der Waals surface area contributed by atoms with Crippen LogP contribution in [0, 0.1) is 0 Å². The molecule has 0 aromatic heterocycles. The minimum atomic E-state index is -0.0394. The molecule has 2 nitrogen and oxygen atoms in total. The minimum absolute atomic E-state index is 0. The second-order valence-electron chi connectivity index (χ2n) is 3.41. The lowest BCUT2D eigenvalue weighted by Gasteiger charge is -2.14. The Morgan fingerprint density at radius 1 is 1.31 bits per heavy atom. The lowest BCUT2D eigenvalue weighted by molar-refractivity contribution is -0.118. The van der Waals surface area contributed by atoms with Crippen molar-refractivity contribution >= 4 is 5.78 Å². The summed E-state index contributed by atoms with van der Waals surface area (Å²) >= 11 is 0. The van der Waals surface area contributed by atoms with Gasteiger partial charge in [-0.05, 0) is 25.5 Å². The Morgan fingerprint density at radius 3 is 2.31 bits per heavy atom. The van der Waals surface area contributed by atoms with Crippen molar-refractivity contribution in [1.29, 1.82) is 0 Å². The van der Waals surface area contributed by atoms with Gasteiger partial charge in [-0.2, -0.15) is 0 Å². The zero-order valence-corrected chi connectivity index (χ0v) is 10.8. The first-order valence-corrected chi connectivity index (χ1v) is 6.01. The van der Waals surface area contributed by atoms with Gasteiger partial charge in [-0.25, -0.2) is 0 Å². The number of ketones is 1. The molecule has 1 rings (SSSR count). The molecule has 0 radical (unpaired) electrons. The molecule has 2 heteroatoms. The molecule has 0 fully saturated rings. The third-order valence-corrected chi connectivity index (χ3v) is 2.22. The van der Waals surface area contributed by atoms with Gasteiger partial charge in [-0.1, -0.05) is 51.1 Å². The Morgan fingerprint density at radius 2 is 1.88 bits per heavy atom. The number of Topliss-reactive ketones (excluding diaryl/α,β-unsaturated/α-hetero) is 1. The molecule has 92 valence electrons. The van der Waals surface area contributed by atoms with E-state index in [2.05, 4.69) is 5.32 Å². The van der Waals surface area contributed by atoms with Crippen LogP contribution in [0.15, 0.2) is 30.3 Å². The molecule has 0 aliphatic heterocycles. The normalized spacial score (nSPS) is 11.2. The van der Waals surface area contributed by atoms with Crippen molar-refractivity contribution in [2.75, 3.05) is 6.54 Å². The molecule has 0 heterocycles. The van der Waals surface area contributed by atoms with Gasteiger partial charge in [0.15, 0.2) is 0 Å². The summed E-state index contributed by atoms with van der Waals surface area (Å²) in [5.41, 5.74) is 1.20. The second-order valence-corrected chi connectivity index (χ2v) is 3.41. The van der Waals surface area contributed by atoms with E-state index in [-0.39, 0.29) is 13.3 Å². The van der Waals surface area contributed by atoms with Crippen molar-refractivity contribution in [3.63, 3.8) is 0 Å². The summed E-state index contributed by atoms with van der Waals surface area (Å²) in [5, 5.41) is 3.18. The Bertz CT molecular complexity index is 288. The fourth-order valence-electron chi connectivity index (χ4n) is 1.46. The summed E-state index contributed by atoms with van der Waals surface area (Å²) in [7, 11) is 0. The molecule has 0 saturated carbocycles. The number of rotatable bonds is 5. The van der Waals surface area contributed by atoms with Gasteiger partial charge >= 0.3 is 0 Å². The summed E-state index contributed by atoms with van der Waals surface area (Å²) in [5.74, 6) is 0.204. The SMILES string of the molecule is CC.CCN[C@@H](Cc1ccccc1)C(C)=O.[HH].